The zero-order valence-electron chi connectivity index (χ0n) is 10.9. The molecule has 0 spiro atoms. The maximum absolute atomic E-state index is 12.2. The number of aromatic nitrogens is 1. The molecule has 0 bridgehead atoms. The van der Waals surface area contributed by atoms with Gasteiger partial charge in [0.05, 0.1) is 25.4 Å². The minimum absolute atomic E-state index is 0.0464. The molecule has 0 aliphatic heterocycles. The number of nitrogens with one attached hydrogen (secondary N) is 1. The first kappa shape index (κ1) is 15.0. The van der Waals surface area contributed by atoms with Crippen LogP contribution in [0.25, 0.3) is 0 Å². The second kappa shape index (κ2) is 5.94. The van der Waals surface area contributed by atoms with E-state index in [1.54, 1.807) is 0 Å². The highest BCUT2D eigenvalue weighted by atomic mass is 32.2. The average molecular weight is 312 g/mol. The standard InChI is InChI=1S/C12H12N2O6S/c1-19-10-3-2-8(12(15)16)6-11(10)21(17,18)14-7-9-4-5-13-20-9/h2-6,14H,7H2,1H3,(H,15,16). The molecule has 0 saturated heterocycles. The molecule has 1 heterocycles. The first-order valence-corrected chi connectivity index (χ1v) is 7.23. The smallest absolute Gasteiger partial charge is 0.335 e. The predicted molar refractivity (Wildman–Crippen MR) is 70.5 cm³/mol. The maximum atomic E-state index is 12.2. The van der Waals surface area contributed by atoms with Gasteiger partial charge in [-0.1, -0.05) is 5.16 Å². The molecule has 1 aromatic carbocycles. The van der Waals surface area contributed by atoms with E-state index in [1.165, 1.54) is 31.5 Å². The first-order valence-electron chi connectivity index (χ1n) is 5.74. The van der Waals surface area contributed by atoms with Gasteiger partial charge < -0.3 is 14.4 Å². The number of methoxy groups -OCH3 is 1. The number of carboxylic acid groups (broad SMARTS) is 1. The Kier molecular flexibility index (Phi) is 4.24. The van der Waals surface area contributed by atoms with Crippen LogP contribution < -0.4 is 9.46 Å². The SMILES string of the molecule is COc1ccc(C(=O)O)cc1S(=O)(=O)NCc1ccno1. The summed E-state index contributed by atoms with van der Waals surface area (Å²) in [7, 11) is -2.66. The van der Waals surface area contributed by atoms with Gasteiger partial charge in [-0.2, -0.15) is 0 Å². The van der Waals surface area contributed by atoms with Gasteiger partial charge in [0.2, 0.25) is 10.0 Å². The highest BCUT2D eigenvalue weighted by Crippen LogP contribution is 2.25. The number of aromatic carboxylic acids is 1. The highest BCUT2D eigenvalue weighted by molar-refractivity contribution is 7.89. The maximum Gasteiger partial charge on any atom is 0.335 e. The second-order valence-corrected chi connectivity index (χ2v) is 5.71. The lowest BCUT2D eigenvalue weighted by Crippen LogP contribution is -2.24. The lowest BCUT2D eigenvalue weighted by molar-refractivity contribution is 0.0696. The van der Waals surface area contributed by atoms with Gasteiger partial charge in [-0.25, -0.2) is 17.9 Å². The number of nitrogens with zero attached hydrogens (tertiary/aromatic N) is 1. The summed E-state index contributed by atoms with van der Waals surface area (Å²) >= 11 is 0. The zero-order valence-corrected chi connectivity index (χ0v) is 11.8. The van der Waals surface area contributed by atoms with Crippen LogP contribution in [0.1, 0.15) is 16.1 Å². The Morgan fingerprint density at radius 2 is 2.19 bits per heavy atom. The highest BCUT2D eigenvalue weighted by Gasteiger charge is 2.21. The Bertz CT molecular complexity index is 739. The van der Waals surface area contributed by atoms with Crippen molar-refractivity contribution in [2.75, 3.05) is 7.11 Å². The normalized spacial score (nSPS) is 11.3. The summed E-state index contributed by atoms with van der Waals surface area (Å²) in [5.41, 5.74) is -0.157. The lowest BCUT2D eigenvalue weighted by Gasteiger charge is -2.10. The third kappa shape index (κ3) is 3.38. The van der Waals surface area contributed by atoms with Crippen molar-refractivity contribution in [2.24, 2.45) is 0 Å². The van der Waals surface area contributed by atoms with Gasteiger partial charge in [0, 0.05) is 6.07 Å². The number of sulfonamides is 1. The fourth-order valence-electron chi connectivity index (χ4n) is 1.60. The molecule has 0 unspecified atom stereocenters. The molecule has 21 heavy (non-hydrogen) atoms. The van der Waals surface area contributed by atoms with Gasteiger partial charge in [-0.05, 0) is 18.2 Å². The van der Waals surface area contributed by atoms with Crippen molar-refractivity contribution in [2.45, 2.75) is 11.4 Å². The summed E-state index contributed by atoms with van der Waals surface area (Å²) in [5, 5.41) is 12.4. The number of carbonyl (C=O) groups is 1. The molecule has 0 aliphatic rings. The molecule has 1 aromatic heterocycles. The van der Waals surface area contributed by atoms with Gasteiger partial charge in [-0.3, -0.25) is 0 Å². The van der Waals surface area contributed by atoms with E-state index in [2.05, 4.69) is 9.88 Å². The molecule has 0 aliphatic carbocycles. The van der Waals surface area contributed by atoms with E-state index in [0.29, 0.717) is 5.76 Å². The fraction of sp³-hybridized carbons (Fsp3) is 0.167. The van der Waals surface area contributed by atoms with Gasteiger partial charge in [0.1, 0.15) is 10.6 Å². The van der Waals surface area contributed by atoms with E-state index in [9.17, 15) is 13.2 Å². The van der Waals surface area contributed by atoms with Crippen molar-refractivity contribution in [3.05, 3.63) is 41.8 Å². The molecule has 2 N–H and O–H groups in total. The molecule has 9 heteroatoms. The minimum Gasteiger partial charge on any atom is -0.495 e. The van der Waals surface area contributed by atoms with Gasteiger partial charge >= 0.3 is 5.97 Å². The summed E-state index contributed by atoms with van der Waals surface area (Å²) < 4.78 is 36.5. The number of benzene rings is 1. The van der Waals surface area contributed by atoms with Crippen LogP contribution in [-0.2, 0) is 16.6 Å². The zero-order chi connectivity index (χ0) is 15.5. The van der Waals surface area contributed by atoms with Crippen LogP contribution in [0.15, 0.2) is 39.9 Å². The quantitative estimate of drug-likeness (QED) is 0.811. The summed E-state index contributed by atoms with van der Waals surface area (Å²) in [6, 6.07) is 5.08. The van der Waals surface area contributed by atoms with Crippen molar-refractivity contribution in [1.29, 1.82) is 0 Å². The number of ether oxygens (including phenoxy) is 1. The summed E-state index contributed by atoms with van der Waals surface area (Å²) in [6.45, 7) is -0.108. The molecular weight excluding hydrogens is 300 g/mol. The lowest BCUT2D eigenvalue weighted by atomic mass is 10.2. The average Bonchev–Trinajstić information content (AvgIpc) is 2.98. The molecule has 0 atom stereocenters. The van der Waals surface area contributed by atoms with Crippen LogP contribution in [0.2, 0.25) is 0 Å². The third-order valence-corrected chi connectivity index (χ3v) is 4.05. The first-order chi connectivity index (χ1) is 9.94. The monoisotopic (exact) mass is 312 g/mol. The molecule has 2 rings (SSSR count). The largest absolute Gasteiger partial charge is 0.495 e. The Hall–Kier alpha value is -2.39. The van der Waals surface area contributed by atoms with Crippen LogP contribution in [-0.4, -0.2) is 31.8 Å². The minimum atomic E-state index is -3.96. The van der Waals surface area contributed by atoms with E-state index in [-0.39, 0.29) is 22.8 Å². The van der Waals surface area contributed by atoms with Crippen LogP contribution in [0.5, 0.6) is 5.75 Å². The molecule has 8 nitrogen and oxygen atoms in total. The van der Waals surface area contributed by atoms with Crippen LogP contribution >= 0.6 is 0 Å². The van der Waals surface area contributed by atoms with E-state index in [1.807, 2.05) is 0 Å². The molecule has 0 fully saturated rings. The van der Waals surface area contributed by atoms with Crippen molar-refractivity contribution < 1.29 is 27.6 Å². The van der Waals surface area contributed by atoms with Gasteiger partial charge in [0.15, 0.2) is 5.76 Å². The van der Waals surface area contributed by atoms with Crippen molar-refractivity contribution in [3.63, 3.8) is 0 Å². The number of hydrogen-bond acceptors (Lipinski definition) is 6. The molecule has 0 amide bonds. The van der Waals surface area contributed by atoms with Crippen LogP contribution in [0, 0.1) is 0 Å². The van der Waals surface area contributed by atoms with Crippen LogP contribution in [0.4, 0.5) is 0 Å². The van der Waals surface area contributed by atoms with Crippen molar-refractivity contribution in [3.8, 4) is 5.75 Å². The van der Waals surface area contributed by atoms with Crippen molar-refractivity contribution >= 4 is 16.0 Å². The van der Waals surface area contributed by atoms with Gasteiger partial charge in [-0.15, -0.1) is 0 Å². The molecule has 112 valence electrons. The number of carboxylic acids is 1. The van der Waals surface area contributed by atoms with Crippen molar-refractivity contribution in [1.82, 2.24) is 9.88 Å². The van der Waals surface area contributed by atoms with Crippen LogP contribution in [0.3, 0.4) is 0 Å². The molecule has 0 radical (unpaired) electrons. The summed E-state index contributed by atoms with van der Waals surface area (Å²) in [6.07, 6.45) is 1.38. The summed E-state index contributed by atoms with van der Waals surface area (Å²) in [4.78, 5) is 10.7. The topological polar surface area (TPSA) is 119 Å². The van der Waals surface area contributed by atoms with E-state index < -0.39 is 16.0 Å². The Morgan fingerprint density at radius 1 is 1.43 bits per heavy atom. The number of rotatable bonds is 6. The van der Waals surface area contributed by atoms with Gasteiger partial charge in [0.25, 0.3) is 0 Å². The van der Waals surface area contributed by atoms with E-state index >= 15 is 0 Å². The predicted octanol–water partition coefficient (Wildman–Crippen LogP) is 0.860. The Labute approximate surface area is 120 Å². The second-order valence-electron chi connectivity index (χ2n) is 3.97. The molecule has 0 saturated carbocycles. The number of hydrogen-bond donors (Lipinski definition) is 2. The Balaban J connectivity index is 2.33. The fourth-order valence-corrected chi connectivity index (χ4v) is 2.78. The molecule has 2 aromatic rings. The third-order valence-electron chi connectivity index (χ3n) is 2.63. The van der Waals surface area contributed by atoms with E-state index in [0.717, 1.165) is 6.07 Å². The molecular formula is C12H12N2O6S. The van der Waals surface area contributed by atoms with E-state index in [4.69, 9.17) is 14.4 Å². The Morgan fingerprint density at radius 3 is 2.76 bits per heavy atom. The summed E-state index contributed by atoms with van der Waals surface area (Å²) in [5.74, 6) is -0.860.